The Balaban J connectivity index is 1.69. The van der Waals surface area contributed by atoms with E-state index in [1.807, 2.05) is 83.4 Å². The molecule has 172 valence electrons. The highest BCUT2D eigenvalue weighted by atomic mass is 79.9. The summed E-state index contributed by atoms with van der Waals surface area (Å²) in [6.07, 6.45) is 0.646. The molecule has 34 heavy (non-hydrogen) atoms. The highest BCUT2D eigenvalue weighted by Crippen LogP contribution is 2.41. The zero-order valence-electron chi connectivity index (χ0n) is 18.7. The zero-order valence-corrected chi connectivity index (χ0v) is 20.3. The van der Waals surface area contributed by atoms with Gasteiger partial charge in [-0.15, -0.1) is 0 Å². The number of hydrogen-bond donors (Lipinski definition) is 0. The Kier molecular flexibility index (Phi) is 6.20. The largest absolute Gasteiger partial charge is 0.465 e. The van der Waals surface area contributed by atoms with Gasteiger partial charge < -0.3 is 9.30 Å². The first-order valence-corrected chi connectivity index (χ1v) is 12.1. The summed E-state index contributed by atoms with van der Waals surface area (Å²) < 4.78 is 8.31. The Labute approximate surface area is 206 Å². The van der Waals surface area contributed by atoms with Gasteiger partial charge in [0.2, 0.25) is 11.9 Å². The molecule has 1 aromatic heterocycles. The molecule has 0 saturated carbocycles. The average Bonchev–Trinajstić information content (AvgIpc) is 3.22. The molecule has 2 heterocycles. The van der Waals surface area contributed by atoms with Crippen LogP contribution in [0.2, 0.25) is 0 Å². The molecule has 1 amide bonds. The van der Waals surface area contributed by atoms with Crippen LogP contribution in [0.3, 0.4) is 0 Å². The van der Waals surface area contributed by atoms with E-state index in [4.69, 9.17) is 9.72 Å². The number of aromatic nitrogens is 2. The predicted molar refractivity (Wildman–Crippen MR) is 135 cm³/mol. The van der Waals surface area contributed by atoms with Gasteiger partial charge in [0.15, 0.2) is 5.92 Å². The summed E-state index contributed by atoms with van der Waals surface area (Å²) in [6.45, 7) is 2.37. The van der Waals surface area contributed by atoms with Gasteiger partial charge in [0, 0.05) is 11.0 Å². The first kappa shape index (κ1) is 22.3. The van der Waals surface area contributed by atoms with Gasteiger partial charge in [0.25, 0.3) is 0 Å². The maximum absolute atomic E-state index is 13.9. The third-order valence-electron chi connectivity index (χ3n) is 6.14. The standard InChI is InChI=1S/C27H24BrN3O3/c1-2-34-26(33)23-24(19-11-8-12-20(28)17-19)31-22-14-7-6-13-21(22)29-27(31)30(25(23)32)16-15-18-9-4-3-5-10-18/h3-14,17,23-24H,2,15-16H2,1H3/t23-,24-/m1/s1. The molecule has 0 radical (unpaired) electrons. The molecular formula is C27H24BrN3O3. The minimum absolute atomic E-state index is 0.204. The van der Waals surface area contributed by atoms with Crippen LogP contribution in [0.1, 0.15) is 24.1 Å². The lowest BCUT2D eigenvalue weighted by Gasteiger charge is -2.38. The third kappa shape index (κ3) is 4.01. The van der Waals surface area contributed by atoms with E-state index in [-0.39, 0.29) is 12.5 Å². The SMILES string of the molecule is CCOC(=O)[C@H]1C(=O)N(CCc2ccccc2)c2nc3ccccc3n2[C@@H]1c1cccc(Br)c1. The van der Waals surface area contributed by atoms with Crippen LogP contribution in [0.15, 0.2) is 83.3 Å². The number of fused-ring (bicyclic) bond motifs is 3. The Bertz CT molecular complexity index is 1350. The molecule has 0 aliphatic carbocycles. The number of para-hydroxylation sites is 2. The predicted octanol–water partition coefficient (Wildman–Crippen LogP) is 5.16. The fourth-order valence-corrected chi connectivity index (χ4v) is 5.05. The topological polar surface area (TPSA) is 64.4 Å². The average molecular weight is 518 g/mol. The number of imidazole rings is 1. The van der Waals surface area contributed by atoms with Gasteiger partial charge in [-0.1, -0.05) is 70.5 Å². The number of hydrogen-bond acceptors (Lipinski definition) is 4. The number of anilines is 1. The minimum Gasteiger partial charge on any atom is -0.465 e. The number of benzene rings is 3. The van der Waals surface area contributed by atoms with Crippen LogP contribution in [0.25, 0.3) is 11.0 Å². The van der Waals surface area contributed by atoms with Gasteiger partial charge in [-0.05, 0) is 48.7 Å². The quantitative estimate of drug-likeness (QED) is 0.262. The van der Waals surface area contributed by atoms with E-state index in [0.29, 0.717) is 18.9 Å². The van der Waals surface area contributed by atoms with E-state index >= 15 is 0 Å². The number of carbonyl (C=O) groups is 2. The monoisotopic (exact) mass is 517 g/mol. The molecule has 7 heteroatoms. The normalized spacial score (nSPS) is 17.6. The molecule has 6 nitrogen and oxygen atoms in total. The van der Waals surface area contributed by atoms with Crippen LogP contribution >= 0.6 is 15.9 Å². The van der Waals surface area contributed by atoms with E-state index in [1.165, 1.54) is 0 Å². The summed E-state index contributed by atoms with van der Waals surface area (Å²) in [7, 11) is 0. The Morgan fingerprint density at radius 1 is 1.03 bits per heavy atom. The molecule has 1 aliphatic heterocycles. The summed E-state index contributed by atoms with van der Waals surface area (Å²) in [5.41, 5.74) is 3.60. The maximum Gasteiger partial charge on any atom is 0.321 e. The van der Waals surface area contributed by atoms with Crippen LogP contribution in [-0.4, -0.2) is 34.6 Å². The van der Waals surface area contributed by atoms with E-state index in [0.717, 1.165) is 26.6 Å². The lowest BCUT2D eigenvalue weighted by molar-refractivity contribution is -0.153. The highest BCUT2D eigenvalue weighted by Gasteiger charge is 2.47. The van der Waals surface area contributed by atoms with E-state index in [9.17, 15) is 9.59 Å². The highest BCUT2D eigenvalue weighted by molar-refractivity contribution is 9.10. The molecule has 5 rings (SSSR count). The molecule has 0 N–H and O–H groups in total. The summed E-state index contributed by atoms with van der Waals surface area (Å²) in [5.74, 6) is -1.28. The lowest BCUT2D eigenvalue weighted by atomic mass is 9.89. The van der Waals surface area contributed by atoms with Crippen LogP contribution in [0, 0.1) is 5.92 Å². The van der Waals surface area contributed by atoms with Crippen molar-refractivity contribution in [1.82, 2.24) is 9.55 Å². The number of halogens is 1. The fourth-order valence-electron chi connectivity index (χ4n) is 4.64. The van der Waals surface area contributed by atoms with Crippen LogP contribution in [0.5, 0.6) is 0 Å². The Hall–Kier alpha value is -3.45. The van der Waals surface area contributed by atoms with Gasteiger partial charge >= 0.3 is 5.97 Å². The maximum atomic E-state index is 13.9. The van der Waals surface area contributed by atoms with Crippen molar-refractivity contribution in [2.45, 2.75) is 19.4 Å². The van der Waals surface area contributed by atoms with E-state index in [1.54, 1.807) is 11.8 Å². The van der Waals surface area contributed by atoms with Crippen molar-refractivity contribution in [1.29, 1.82) is 0 Å². The van der Waals surface area contributed by atoms with E-state index in [2.05, 4.69) is 15.9 Å². The molecular weight excluding hydrogens is 494 g/mol. The van der Waals surface area contributed by atoms with Crippen molar-refractivity contribution in [3.63, 3.8) is 0 Å². The second-order valence-corrected chi connectivity index (χ2v) is 9.14. The van der Waals surface area contributed by atoms with Crippen LogP contribution in [-0.2, 0) is 20.7 Å². The van der Waals surface area contributed by atoms with Gasteiger partial charge in [0.05, 0.1) is 23.7 Å². The molecule has 2 atom stereocenters. The second kappa shape index (κ2) is 9.43. The summed E-state index contributed by atoms with van der Waals surface area (Å²) in [5, 5.41) is 0. The number of esters is 1. The zero-order chi connectivity index (χ0) is 23.7. The van der Waals surface area contributed by atoms with Gasteiger partial charge in [0.1, 0.15) is 0 Å². The van der Waals surface area contributed by atoms with Crippen molar-refractivity contribution >= 4 is 44.8 Å². The van der Waals surface area contributed by atoms with Crippen molar-refractivity contribution < 1.29 is 14.3 Å². The molecule has 0 bridgehead atoms. The molecule has 0 saturated heterocycles. The molecule has 0 fully saturated rings. The Morgan fingerprint density at radius 3 is 2.56 bits per heavy atom. The molecule has 0 spiro atoms. The fraction of sp³-hybridized carbons (Fsp3) is 0.222. The summed E-state index contributed by atoms with van der Waals surface area (Å²) in [4.78, 5) is 33.7. The van der Waals surface area contributed by atoms with Crippen molar-refractivity contribution in [3.8, 4) is 0 Å². The Morgan fingerprint density at radius 2 is 1.79 bits per heavy atom. The number of amides is 1. The van der Waals surface area contributed by atoms with Crippen molar-refractivity contribution in [3.05, 3.63) is 94.5 Å². The lowest BCUT2D eigenvalue weighted by Crippen LogP contribution is -2.50. The second-order valence-electron chi connectivity index (χ2n) is 8.23. The van der Waals surface area contributed by atoms with Crippen molar-refractivity contribution in [2.75, 3.05) is 18.1 Å². The first-order chi connectivity index (χ1) is 16.6. The minimum atomic E-state index is -1.02. The molecule has 0 unspecified atom stereocenters. The summed E-state index contributed by atoms with van der Waals surface area (Å²) >= 11 is 3.54. The molecule has 1 aliphatic rings. The van der Waals surface area contributed by atoms with Crippen LogP contribution < -0.4 is 4.90 Å². The number of ether oxygens (including phenoxy) is 1. The first-order valence-electron chi connectivity index (χ1n) is 11.3. The number of carbonyl (C=O) groups excluding carboxylic acids is 2. The van der Waals surface area contributed by atoms with Gasteiger partial charge in [-0.25, -0.2) is 4.98 Å². The number of rotatable bonds is 6. The molecule has 3 aromatic carbocycles. The van der Waals surface area contributed by atoms with Gasteiger partial charge in [-0.2, -0.15) is 0 Å². The summed E-state index contributed by atoms with van der Waals surface area (Å²) in [6, 6.07) is 24.9. The van der Waals surface area contributed by atoms with Crippen LogP contribution in [0.4, 0.5) is 5.95 Å². The smallest absolute Gasteiger partial charge is 0.321 e. The third-order valence-corrected chi connectivity index (χ3v) is 6.64. The number of nitrogens with zero attached hydrogens (tertiary/aromatic N) is 3. The molecule has 4 aromatic rings. The van der Waals surface area contributed by atoms with Gasteiger partial charge in [-0.3, -0.25) is 14.5 Å². The van der Waals surface area contributed by atoms with Crippen molar-refractivity contribution in [2.24, 2.45) is 5.92 Å². The van der Waals surface area contributed by atoms with E-state index < -0.39 is 17.9 Å².